The number of aryl methyl sites for hydroxylation is 1. The van der Waals surface area contributed by atoms with Crippen molar-refractivity contribution >= 4 is 17.6 Å². The van der Waals surface area contributed by atoms with Crippen LogP contribution in [-0.2, 0) is 22.5 Å². The van der Waals surface area contributed by atoms with Crippen molar-refractivity contribution in [3.8, 4) is 11.1 Å². The van der Waals surface area contributed by atoms with Gasteiger partial charge in [0, 0.05) is 11.6 Å². The third-order valence-corrected chi connectivity index (χ3v) is 3.89. The van der Waals surface area contributed by atoms with E-state index in [0.717, 1.165) is 29.8 Å². The molecule has 23 heavy (non-hydrogen) atoms. The average molecular weight is 332 g/mol. The maximum Gasteiger partial charge on any atom is 0.309 e. The van der Waals surface area contributed by atoms with E-state index in [1.54, 1.807) is 6.07 Å². The summed E-state index contributed by atoms with van der Waals surface area (Å²) < 4.78 is 4.74. The van der Waals surface area contributed by atoms with Crippen molar-refractivity contribution in [1.82, 2.24) is 5.32 Å². The molecule has 0 saturated heterocycles. The van der Waals surface area contributed by atoms with Crippen LogP contribution in [0.1, 0.15) is 23.6 Å². The molecule has 0 heterocycles. The van der Waals surface area contributed by atoms with Gasteiger partial charge in [0.2, 0.25) is 0 Å². The first kappa shape index (κ1) is 17.5. The smallest absolute Gasteiger partial charge is 0.309 e. The Hall–Kier alpha value is -1.84. The van der Waals surface area contributed by atoms with E-state index in [2.05, 4.69) is 37.4 Å². The van der Waals surface area contributed by atoms with Gasteiger partial charge in [-0.2, -0.15) is 0 Å². The molecule has 0 saturated carbocycles. The largest absolute Gasteiger partial charge is 0.469 e. The normalized spacial score (nSPS) is 10.6. The maximum atomic E-state index is 11.5. The number of rotatable bonds is 6. The summed E-state index contributed by atoms with van der Waals surface area (Å²) in [5.41, 5.74) is 5.44. The summed E-state index contributed by atoms with van der Waals surface area (Å²) in [6.45, 7) is 5.88. The molecular formula is C19H22ClNO2. The lowest BCUT2D eigenvalue weighted by molar-refractivity contribution is -0.139. The highest BCUT2D eigenvalue weighted by Gasteiger charge is 2.10. The van der Waals surface area contributed by atoms with Gasteiger partial charge in [0.1, 0.15) is 0 Å². The molecule has 2 aromatic rings. The zero-order chi connectivity index (χ0) is 16.8. The molecular weight excluding hydrogens is 310 g/mol. The standard InChI is InChI=1S/C19H22ClNO2/c1-4-21-12-16-7-13(2)5-6-18(16)15-8-14(9-17(20)11-15)10-19(22)23-3/h5-9,11,21H,4,10,12H2,1-3H3. The maximum absolute atomic E-state index is 11.5. The van der Waals surface area contributed by atoms with Crippen molar-refractivity contribution in [2.45, 2.75) is 26.8 Å². The van der Waals surface area contributed by atoms with E-state index in [1.165, 1.54) is 18.2 Å². The summed E-state index contributed by atoms with van der Waals surface area (Å²) in [7, 11) is 1.39. The minimum atomic E-state index is -0.269. The first-order valence-corrected chi connectivity index (χ1v) is 8.08. The number of hydrogen-bond donors (Lipinski definition) is 1. The Labute approximate surface area is 142 Å². The van der Waals surface area contributed by atoms with Crippen molar-refractivity contribution in [2.75, 3.05) is 13.7 Å². The summed E-state index contributed by atoms with van der Waals surface area (Å²) in [6, 6.07) is 12.1. The molecule has 0 aliphatic carbocycles. The van der Waals surface area contributed by atoms with Crippen LogP contribution in [0.2, 0.25) is 5.02 Å². The van der Waals surface area contributed by atoms with E-state index in [-0.39, 0.29) is 12.4 Å². The molecule has 0 spiro atoms. The van der Waals surface area contributed by atoms with Crippen LogP contribution in [-0.4, -0.2) is 19.6 Å². The SMILES string of the molecule is CCNCc1cc(C)ccc1-c1cc(Cl)cc(CC(=O)OC)c1. The molecule has 0 bridgehead atoms. The third-order valence-electron chi connectivity index (χ3n) is 3.67. The van der Waals surface area contributed by atoms with Gasteiger partial charge in [0.25, 0.3) is 0 Å². The van der Waals surface area contributed by atoms with Crippen molar-refractivity contribution in [1.29, 1.82) is 0 Å². The van der Waals surface area contributed by atoms with Gasteiger partial charge in [0.15, 0.2) is 0 Å². The second-order valence-corrected chi connectivity index (χ2v) is 5.98. The molecule has 2 rings (SSSR count). The number of hydrogen-bond acceptors (Lipinski definition) is 3. The van der Waals surface area contributed by atoms with Crippen molar-refractivity contribution < 1.29 is 9.53 Å². The topological polar surface area (TPSA) is 38.3 Å². The Bertz CT molecular complexity index is 698. The Morgan fingerprint density at radius 2 is 2.00 bits per heavy atom. The number of halogens is 1. The van der Waals surface area contributed by atoms with Gasteiger partial charge in [-0.15, -0.1) is 0 Å². The summed E-state index contributed by atoms with van der Waals surface area (Å²) in [4.78, 5) is 11.5. The summed E-state index contributed by atoms with van der Waals surface area (Å²) in [6.07, 6.45) is 0.221. The molecule has 1 N–H and O–H groups in total. The molecule has 2 aromatic carbocycles. The third kappa shape index (κ3) is 4.81. The minimum Gasteiger partial charge on any atom is -0.469 e. The van der Waals surface area contributed by atoms with Crippen molar-refractivity contribution in [3.05, 3.63) is 58.1 Å². The number of ether oxygens (including phenoxy) is 1. The fourth-order valence-electron chi connectivity index (χ4n) is 2.56. The van der Waals surface area contributed by atoms with Gasteiger partial charge in [-0.25, -0.2) is 0 Å². The summed E-state index contributed by atoms with van der Waals surface area (Å²) in [5, 5.41) is 3.99. The zero-order valence-corrected chi connectivity index (χ0v) is 14.5. The highest BCUT2D eigenvalue weighted by molar-refractivity contribution is 6.31. The van der Waals surface area contributed by atoms with Gasteiger partial charge >= 0.3 is 5.97 Å². The van der Waals surface area contributed by atoms with Gasteiger partial charge in [-0.1, -0.05) is 48.4 Å². The van der Waals surface area contributed by atoms with Crippen LogP contribution in [0.5, 0.6) is 0 Å². The lowest BCUT2D eigenvalue weighted by Crippen LogP contribution is -2.12. The Balaban J connectivity index is 2.42. The highest BCUT2D eigenvalue weighted by Crippen LogP contribution is 2.29. The van der Waals surface area contributed by atoms with Crippen LogP contribution in [0.15, 0.2) is 36.4 Å². The predicted molar refractivity (Wildman–Crippen MR) is 94.7 cm³/mol. The number of carbonyl (C=O) groups is 1. The molecule has 0 fully saturated rings. The number of esters is 1. The number of carbonyl (C=O) groups excluding carboxylic acids is 1. The molecule has 0 aliphatic heterocycles. The van der Waals surface area contributed by atoms with E-state index in [4.69, 9.17) is 16.3 Å². The van der Waals surface area contributed by atoms with Gasteiger partial charge in [0.05, 0.1) is 13.5 Å². The monoisotopic (exact) mass is 331 g/mol. The lowest BCUT2D eigenvalue weighted by Gasteiger charge is -2.13. The Morgan fingerprint density at radius 1 is 1.22 bits per heavy atom. The van der Waals surface area contributed by atoms with Crippen LogP contribution in [0.25, 0.3) is 11.1 Å². The number of nitrogens with one attached hydrogen (secondary N) is 1. The lowest BCUT2D eigenvalue weighted by atomic mass is 9.95. The first-order chi connectivity index (χ1) is 11.0. The molecule has 0 unspecified atom stereocenters. The second kappa shape index (κ2) is 8.14. The molecule has 0 aliphatic rings. The molecule has 0 amide bonds. The molecule has 0 radical (unpaired) electrons. The molecule has 4 heteroatoms. The van der Waals surface area contributed by atoms with Crippen LogP contribution in [0.4, 0.5) is 0 Å². The van der Waals surface area contributed by atoms with E-state index in [0.29, 0.717) is 5.02 Å². The van der Waals surface area contributed by atoms with Crippen molar-refractivity contribution in [2.24, 2.45) is 0 Å². The highest BCUT2D eigenvalue weighted by atomic mass is 35.5. The Kier molecular flexibility index (Phi) is 6.20. The van der Waals surface area contributed by atoms with Crippen LogP contribution >= 0.6 is 11.6 Å². The molecule has 3 nitrogen and oxygen atoms in total. The fraction of sp³-hybridized carbons (Fsp3) is 0.316. The quantitative estimate of drug-likeness (QED) is 0.808. The number of benzene rings is 2. The van der Waals surface area contributed by atoms with Crippen molar-refractivity contribution in [3.63, 3.8) is 0 Å². The molecule has 0 aromatic heterocycles. The van der Waals surface area contributed by atoms with E-state index in [1.807, 2.05) is 12.1 Å². The molecule has 122 valence electrons. The van der Waals surface area contributed by atoms with Crippen LogP contribution < -0.4 is 5.32 Å². The van der Waals surface area contributed by atoms with E-state index >= 15 is 0 Å². The molecule has 0 atom stereocenters. The van der Waals surface area contributed by atoms with Gasteiger partial charge in [-0.05, 0) is 47.9 Å². The van der Waals surface area contributed by atoms with Crippen LogP contribution in [0.3, 0.4) is 0 Å². The first-order valence-electron chi connectivity index (χ1n) is 7.70. The summed E-state index contributed by atoms with van der Waals surface area (Å²) >= 11 is 6.25. The average Bonchev–Trinajstić information content (AvgIpc) is 2.52. The number of methoxy groups -OCH3 is 1. The van der Waals surface area contributed by atoms with E-state index in [9.17, 15) is 4.79 Å². The summed E-state index contributed by atoms with van der Waals surface area (Å²) in [5.74, 6) is -0.269. The van der Waals surface area contributed by atoms with Crippen LogP contribution in [0, 0.1) is 6.92 Å². The predicted octanol–water partition coefficient (Wildman–Crippen LogP) is 4.14. The fourth-order valence-corrected chi connectivity index (χ4v) is 2.81. The Morgan fingerprint density at radius 3 is 2.70 bits per heavy atom. The second-order valence-electron chi connectivity index (χ2n) is 5.54. The van der Waals surface area contributed by atoms with E-state index < -0.39 is 0 Å². The van der Waals surface area contributed by atoms with Gasteiger partial charge < -0.3 is 10.1 Å². The minimum absolute atomic E-state index is 0.221. The zero-order valence-electron chi connectivity index (χ0n) is 13.8. The van der Waals surface area contributed by atoms with Gasteiger partial charge in [-0.3, -0.25) is 4.79 Å².